The SMILES string of the molecule is O=C(CNc1cccc(Cl)c1)CC1CCCN(c2ncnc3[nH]ccc23)C1. The largest absolute Gasteiger partial charge is 0.378 e. The Morgan fingerprint density at radius 2 is 2.26 bits per heavy atom. The molecule has 0 bridgehead atoms. The fourth-order valence-electron chi connectivity index (χ4n) is 3.73. The maximum absolute atomic E-state index is 12.4. The van der Waals surface area contributed by atoms with Gasteiger partial charge in [-0.2, -0.15) is 0 Å². The molecule has 6 nitrogen and oxygen atoms in total. The van der Waals surface area contributed by atoms with Crippen molar-refractivity contribution in [3.63, 3.8) is 0 Å². The van der Waals surface area contributed by atoms with Crippen LogP contribution in [-0.4, -0.2) is 40.4 Å². The summed E-state index contributed by atoms with van der Waals surface area (Å²) in [5, 5.41) is 4.86. The molecule has 2 aromatic heterocycles. The summed E-state index contributed by atoms with van der Waals surface area (Å²) >= 11 is 5.98. The van der Waals surface area contributed by atoms with Gasteiger partial charge in [-0.3, -0.25) is 4.79 Å². The van der Waals surface area contributed by atoms with E-state index in [-0.39, 0.29) is 5.78 Å². The third kappa shape index (κ3) is 4.22. The van der Waals surface area contributed by atoms with Crippen molar-refractivity contribution in [1.82, 2.24) is 15.0 Å². The Kier molecular flexibility index (Phi) is 5.25. The van der Waals surface area contributed by atoms with Crippen LogP contribution in [0, 0.1) is 5.92 Å². The number of fused-ring (bicyclic) bond motifs is 1. The van der Waals surface area contributed by atoms with Crippen LogP contribution in [0.4, 0.5) is 11.5 Å². The fraction of sp³-hybridized carbons (Fsp3) is 0.350. The number of ketones is 1. The number of hydrogen-bond acceptors (Lipinski definition) is 5. The molecule has 0 aliphatic carbocycles. The Bertz CT molecular complexity index is 941. The van der Waals surface area contributed by atoms with Gasteiger partial charge < -0.3 is 15.2 Å². The zero-order chi connectivity index (χ0) is 18.6. The number of rotatable bonds is 6. The van der Waals surface area contributed by atoms with Crippen molar-refractivity contribution >= 4 is 39.9 Å². The Morgan fingerprint density at radius 3 is 3.15 bits per heavy atom. The first-order chi connectivity index (χ1) is 13.2. The van der Waals surface area contributed by atoms with E-state index in [2.05, 4.69) is 25.2 Å². The smallest absolute Gasteiger partial charge is 0.152 e. The molecule has 0 spiro atoms. The van der Waals surface area contributed by atoms with Crippen LogP contribution in [0.5, 0.6) is 0 Å². The molecular weight excluding hydrogens is 362 g/mol. The van der Waals surface area contributed by atoms with Gasteiger partial charge in [0.25, 0.3) is 0 Å². The minimum absolute atomic E-state index is 0.219. The molecule has 1 unspecified atom stereocenters. The molecule has 3 aromatic rings. The highest BCUT2D eigenvalue weighted by atomic mass is 35.5. The van der Waals surface area contributed by atoms with E-state index in [1.54, 1.807) is 6.33 Å². The lowest BCUT2D eigenvalue weighted by atomic mass is 9.92. The highest BCUT2D eigenvalue weighted by Crippen LogP contribution is 2.28. The minimum Gasteiger partial charge on any atom is -0.378 e. The molecule has 0 radical (unpaired) electrons. The molecule has 0 saturated carbocycles. The predicted octanol–water partition coefficient (Wildman–Crippen LogP) is 3.90. The van der Waals surface area contributed by atoms with Crippen LogP contribution in [0.15, 0.2) is 42.9 Å². The van der Waals surface area contributed by atoms with E-state index < -0.39 is 0 Å². The Labute approximate surface area is 163 Å². The molecule has 4 rings (SSSR count). The number of hydrogen-bond donors (Lipinski definition) is 2. The van der Waals surface area contributed by atoms with Crippen molar-refractivity contribution in [3.8, 4) is 0 Å². The van der Waals surface area contributed by atoms with Gasteiger partial charge in [-0.25, -0.2) is 9.97 Å². The summed E-state index contributed by atoms with van der Waals surface area (Å²) < 4.78 is 0. The van der Waals surface area contributed by atoms with E-state index in [1.165, 1.54) is 0 Å². The lowest BCUT2D eigenvalue weighted by molar-refractivity contribution is -0.118. The van der Waals surface area contributed by atoms with E-state index in [1.807, 2.05) is 36.5 Å². The van der Waals surface area contributed by atoms with Crippen molar-refractivity contribution in [2.75, 3.05) is 29.9 Å². The molecule has 1 aliphatic heterocycles. The number of nitrogens with one attached hydrogen (secondary N) is 2. The van der Waals surface area contributed by atoms with Crippen LogP contribution in [0.2, 0.25) is 5.02 Å². The van der Waals surface area contributed by atoms with Crippen LogP contribution in [0.25, 0.3) is 11.0 Å². The number of Topliss-reactive ketones (excluding diaryl/α,β-unsaturated/α-hetero) is 1. The maximum atomic E-state index is 12.4. The number of carbonyl (C=O) groups excluding carboxylic acids is 1. The number of anilines is 2. The molecular formula is C20H22ClN5O. The highest BCUT2D eigenvalue weighted by Gasteiger charge is 2.24. The van der Waals surface area contributed by atoms with Crippen LogP contribution in [0.3, 0.4) is 0 Å². The number of H-pyrrole nitrogens is 1. The molecule has 1 aliphatic rings. The van der Waals surface area contributed by atoms with E-state index in [4.69, 9.17) is 11.6 Å². The maximum Gasteiger partial charge on any atom is 0.152 e. The molecule has 140 valence electrons. The number of nitrogens with zero attached hydrogens (tertiary/aromatic N) is 3. The molecule has 3 heterocycles. The molecule has 27 heavy (non-hydrogen) atoms. The number of benzene rings is 1. The number of piperidine rings is 1. The molecule has 7 heteroatoms. The first-order valence-electron chi connectivity index (χ1n) is 9.23. The van der Waals surface area contributed by atoms with E-state index in [0.29, 0.717) is 23.9 Å². The zero-order valence-electron chi connectivity index (χ0n) is 15.0. The molecule has 0 amide bonds. The second kappa shape index (κ2) is 7.96. The van der Waals surface area contributed by atoms with E-state index in [0.717, 1.165) is 48.5 Å². The average molecular weight is 384 g/mol. The van der Waals surface area contributed by atoms with Gasteiger partial charge in [0.1, 0.15) is 17.8 Å². The molecule has 1 saturated heterocycles. The highest BCUT2D eigenvalue weighted by molar-refractivity contribution is 6.30. The zero-order valence-corrected chi connectivity index (χ0v) is 15.7. The van der Waals surface area contributed by atoms with Crippen LogP contribution in [-0.2, 0) is 4.79 Å². The number of aromatic nitrogens is 3. The fourth-order valence-corrected chi connectivity index (χ4v) is 3.92. The van der Waals surface area contributed by atoms with Gasteiger partial charge in [0, 0.05) is 36.4 Å². The summed E-state index contributed by atoms with van der Waals surface area (Å²) in [7, 11) is 0. The number of carbonyl (C=O) groups is 1. The summed E-state index contributed by atoms with van der Waals surface area (Å²) in [5.74, 6) is 1.52. The Hall–Kier alpha value is -2.60. The van der Waals surface area contributed by atoms with Crippen LogP contribution < -0.4 is 10.2 Å². The summed E-state index contributed by atoms with van der Waals surface area (Å²) in [6.45, 7) is 2.13. The molecule has 2 N–H and O–H groups in total. The van der Waals surface area contributed by atoms with Gasteiger partial charge in [-0.1, -0.05) is 17.7 Å². The molecule has 1 atom stereocenters. The van der Waals surface area contributed by atoms with Gasteiger partial charge >= 0.3 is 0 Å². The third-order valence-electron chi connectivity index (χ3n) is 4.98. The quantitative estimate of drug-likeness (QED) is 0.675. The lowest BCUT2D eigenvalue weighted by Crippen LogP contribution is -2.37. The molecule has 1 aromatic carbocycles. The summed E-state index contributed by atoms with van der Waals surface area (Å²) in [6.07, 6.45) is 6.19. The lowest BCUT2D eigenvalue weighted by Gasteiger charge is -2.33. The second-order valence-electron chi connectivity index (χ2n) is 7.00. The van der Waals surface area contributed by atoms with Crippen LogP contribution in [0.1, 0.15) is 19.3 Å². The van der Waals surface area contributed by atoms with Crippen molar-refractivity contribution in [2.45, 2.75) is 19.3 Å². The van der Waals surface area contributed by atoms with Gasteiger partial charge in [0.2, 0.25) is 0 Å². The van der Waals surface area contributed by atoms with Gasteiger partial charge in [-0.05, 0) is 43.0 Å². The summed E-state index contributed by atoms with van der Waals surface area (Å²) in [6, 6.07) is 9.44. The average Bonchev–Trinajstić information content (AvgIpc) is 3.15. The van der Waals surface area contributed by atoms with Crippen LogP contribution >= 0.6 is 11.6 Å². The monoisotopic (exact) mass is 383 g/mol. The number of halogens is 1. The molecule has 1 fully saturated rings. The second-order valence-corrected chi connectivity index (χ2v) is 7.43. The standard InChI is InChI=1S/C20H22ClN5O/c21-15-4-1-5-16(10-15)23-11-17(27)9-14-3-2-8-26(12-14)20-18-6-7-22-19(18)24-13-25-20/h1,4-7,10,13-14,23H,2-3,8-9,11-12H2,(H,22,24,25). The topological polar surface area (TPSA) is 73.9 Å². The van der Waals surface area contributed by atoms with Crippen molar-refractivity contribution in [1.29, 1.82) is 0 Å². The number of aromatic amines is 1. The van der Waals surface area contributed by atoms with Crippen molar-refractivity contribution < 1.29 is 4.79 Å². The van der Waals surface area contributed by atoms with Crippen molar-refractivity contribution in [3.05, 3.63) is 47.9 Å². The van der Waals surface area contributed by atoms with Gasteiger partial charge in [0.15, 0.2) is 5.78 Å². The van der Waals surface area contributed by atoms with Gasteiger partial charge in [-0.15, -0.1) is 0 Å². The van der Waals surface area contributed by atoms with Gasteiger partial charge in [0.05, 0.1) is 11.9 Å². The van der Waals surface area contributed by atoms with Crippen molar-refractivity contribution in [2.24, 2.45) is 5.92 Å². The van der Waals surface area contributed by atoms with E-state index in [9.17, 15) is 4.79 Å². The first-order valence-corrected chi connectivity index (χ1v) is 9.61. The Morgan fingerprint density at radius 1 is 1.33 bits per heavy atom. The summed E-state index contributed by atoms with van der Waals surface area (Å²) in [5.41, 5.74) is 1.72. The predicted molar refractivity (Wildman–Crippen MR) is 108 cm³/mol. The first kappa shape index (κ1) is 17.8. The summed E-state index contributed by atoms with van der Waals surface area (Å²) in [4.78, 5) is 26.6. The third-order valence-corrected chi connectivity index (χ3v) is 5.22. The van der Waals surface area contributed by atoms with E-state index >= 15 is 0 Å². The minimum atomic E-state index is 0.219. The Balaban J connectivity index is 1.35. The normalized spacial score (nSPS) is 17.2.